The number of rotatable bonds is 3. The average Bonchev–Trinajstić information content (AvgIpc) is 2.56. The molecule has 0 aromatic heterocycles. The predicted octanol–water partition coefficient (Wildman–Crippen LogP) is 6.46. The van der Waals surface area contributed by atoms with Crippen LogP contribution < -0.4 is 4.74 Å². The zero-order chi connectivity index (χ0) is 17.4. The smallest absolute Gasteiger partial charge is 0.274 e. The quantitative estimate of drug-likeness (QED) is 0.397. The van der Waals surface area contributed by atoms with Crippen LogP contribution in [0.25, 0.3) is 10.8 Å². The van der Waals surface area contributed by atoms with Crippen molar-refractivity contribution in [2.45, 2.75) is 13.8 Å². The number of nitro benzene ring substituents is 1. The first-order valence-corrected chi connectivity index (χ1v) is 7.95. The van der Waals surface area contributed by atoms with Crippen molar-refractivity contribution >= 4 is 39.7 Å². The minimum absolute atomic E-state index is 0.0224. The summed E-state index contributed by atoms with van der Waals surface area (Å²) < 4.78 is 6.01. The summed E-state index contributed by atoms with van der Waals surface area (Å²) in [5.41, 5.74) is 0.947. The maximum Gasteiger partial charge on any atom is 0.274 e. The van der Waals surface area contributed by atoms with Crippen molar-refractivity contribution in [2.24, 2.45) is 0 Å². The molecule has 0 aliphatic heterocycles. The van der Waals surface area contributed by atoms with E-state index in [0.29, 0.717) is 27.6 Å². The van der Waals surface area contributed by atoms with Crippen LogP contribution in [-0.2, 0) is 0 Å². The summed E-state index contributed by atoms with van der Waals surface area (Å²) in [5, 5.41) is 13.7. The maximum atomic E-state index is 11.1. The fourth-order valence-corrected chi connectivity index (χ4v) is 3.10. The molecule has 0 N–H and O–H groups in total. The van der Waals surface area contributed by atoms with E-state index < -0.39 is 4.92 Å². The van der Waals surface area contributed by atoms with Gasteiger partial charge in [0.2, 0.25) is 0 Å². The molecule has 4 nitrogen and oxygen atoms in total. The monoisotopic (exact) mass is 361 g/mol. The minimum Gasteiger partial charge on any atom is -0.455 e. The number of hydrogen-bond acceptors (Lipinski definition) is 3. The maximum absolute atomic E-state index is 11.1. The minimum atomic E-state index is -0.449. The number of nitrogens with zero attached hydrogens (tertiary/aromatic N) is 1. The van der Waals surface area contributed by atoms with Gasteiger partial charge in [-0.15, -0.1) is 0 Å². The average molecular weight is 362 g/mol. The van der Waals surface area contributed by atoms with Gasteiger partial charge in [0.25, 0.3) is 5.69 Å². The third-order valence-corrected chi connectivity index (χ3v) is 4.65. The molecule has 0 radical (unpaired) electrons. The van der Waals surface area contributed by atoms with Crippen LogP contribution in [0.4, 0.5) is 5.69 Å². The lowest BCUT2D eigenvalue weighted by Crippen LogP contribution is -1.97. The van der Waals surface area contributed by atoms with Crippen LogP contribution in [0.1, 0.15) is 11.1 Å². The molecular formula is C18H13Cl2NO3. The number of ether oxygens (including phenoxy) is 1. The molecular weight excluding hydrogens is 349 g/mol. The highest BCUT2D eigenvalue weighted by Gasteiger charge is 2.21. The third-order valence-electron chi connectivity index (χ3n) is 3.86. The van der Waals surface area contributed by atoms with Gasteiger partial charge in [-0.2, -0.15) is 0 Å². The second-order valence-electron chi connectivity index (χ2n) is 5.43. The molecule has 0 aliphatic carbocycles. The fourth-order valence-electron chi connectivity index (χ4n) is 2.58. The van der Waals surface area contributed by atoms with Gasteiger partial charge in [-0.25, -0.2) is 0 Å². The molecule has 0 bridgehead atoms. The third kappa shape index (κ3) is 2.79. The molecule has 24 heavy (non-hydrogen) atoms. The van der Waals surface area contributed by atoms with E-state index in [1.165, 1.54) is 6.07 Å². The van der Waals surface area contributed by atoms with Gasteiger partial charge < -0.3 is 4.74 Å². The standard InChI is InChI=1S/C18H13Cl2NO3/c1-10-9-15(21(22)23)11(2)17(20)18(10)24-16-8-7-14(19)12-5-3-4-6-13(12)16/h3-9H,1-2H3. The number of benzene rings is 3. The molecule has 3 aromatic carbocycles. The fraction of sp³-hybridized carbons (Fsp3) is 0.111. The van der Waals surface area contributed by atoms with E-state index in [9.17, 15) is 10.1 Å². The first-order valence-electron chi connectivity index (χ1n) is 7.19. The van der Waals surface area contributed by atoms with Crippen molar-refractivity contribution in [3.8, 4) is 11.5 Å². The van der Waals surface area contributed by atoms with E-state index in [-0.39, 0.29) is 10.7 Å². The Hall–Kier alpha value is -2.30. The Balaban J connectivity index is 2.15. The van der Waals surface area contributed by atoms with E-state index in [0.717, 1.165) is 10.8 Å². The van der Waals surface area contributed by atoms with Crippen LogP contribution in [0.5, 0.6) is 11.5 Å². The molecule has 0 aliphatic rings. The Morgan fingerprint density at radius 2 is 1.71 bits per heavy atom. The Labute approximate surface area is 148 Å². The van der Waals surface area contributed by atoms with Crippen molar-refractivity contribution in [3.63, 3.8) is 0 Å². The molecule has 6 heteroatoms. The molecule has 122 valence electrons. The summed E-state index contributed by atoms with van der Waals surface area (Å²) in [6.07, 6.45) is 0. The summed E-state index contributed by atoms with van der Waals surface area (Å²) in [6, 6.07) is 12.6. The lowest BCUT2D eigenvalue weighted by atomic mass is 10.1. The molecule has 3 rings (SSSR count). The van der Waals surface area contributed by atoms with Crippen LogP contribution in [-0.4, -0.2) is 4.92 Å². The molecule has 0 saturated heterocycles. The number of aryl methyl sites for hydroxylation is 1. The summed E-state index contributed by atoms with van der Waals surface area (Å²) in [7, 11) is 0. The Kier molecular flexibility index (Phi) is 4.35. The van der Waals surface area contributed by atoms with Gasteiger partial charge in [-0.05, 0) is 26.0 Å². The largest absolute Gasteiger partial charge is 0.455 e. The highest BCUT2D eigenvalue weighted by atomic mass is 35.5. The van der Waals surface area contributed by atoms with E-state index >= 15 is 0 Å². The highest BCUT2D eigenvalue weighted by molar-refractivity contribution is 6.35. The summed E-state index contributed by atoms with van der Waals surface area (Å²) in [4.78, 5) is 10.7. The Morgan fingerprint density at radius 1 is 1.04 bits per heavy atom. The second kappa shape index (κ2) is 6.30. The topological polar surface area (TPSA) is 52.4 Å². The normalized spacial score (nSPS) is 10.8. The first-order chi connectivity index (χ1) is 11.4. The van der Waals surface area contributed by atoms with Gasteiger partial charge in [0.15, 0.2) is 0 Å². The Morgan fingerprint density at radius 3 is 2.38 bits per heavy atom. The van der Waals surface area contributed by atoms with E-state index in [2.05, 4.69) is 0 Å². The molecule has 0 fully saturated rings. The molecule has 0 amide bonds. The number of nitro groups is 1. The van der Waals surface area contributed by atoms with Gasteiger partial charge in [-0.3, -0.25) is 10.1 Å². The number of fused-ring (bicyclic) bond motifs is 1. The first kappa shape index (κ1) is 16.6. The van der Waals surface area contributed by atoms with Crippen molar-refractivity contribution in [2.75, 3.05) is 0 Å². The number of hydrogen-bond donors (Lipinski definition) is 0. The lowest BCUT2D eigenvalue weighted by molar-refractivity contribution is -0.385. The SMILES string of the molecule is Cc1cc([N+](=O)[O-])c(C)c(Cl)c1Oc1ccc(Cl)c2ccccc12. The second-order valence-corrected chi connectivity index (χ2v) is 6.22. The van der Waals surface area contributed by atoms with Crippen molar-refractivity contribution in [1.29, 1.82) is 0 Å². The van der Waals surface area contributed by atoms with Crippen LogP contribution in [0, 0.1) is 24.0 Å². The van der Waals surface area contributed by atoms with Crippen LogP contribution in [0.2, 0.25) is 10.0 Å². The van der Waals surface area contributed by atoms with Crippen molar-refractivity contribution in [3.05, 3.63) is 73.8 Å². The summed E-state index contributed by atoms with van der Waals surface area (Å²) >= 11 is 12.5. The zero-order valence-electron chi connectivity index (χ0n) is 13.0. The van der Waals surface area contributed by atoms with E-state index in [4.69, 9.17) is 27.9 Å². The number of halogens is 2. The Bertz CT molecular complexity index is 970. The zero-order valence-corrected chi connectivity index (χ0v) is 14.5. The molecule has 0 spiro atoms. The summed E-state index contributed by atoms with van der Waals surface area (Å²) in [6.45, 7) is 3.33. The molecule has 3 aromatic rings. The molecule has 0 atom stereocenters. The van der Waals surface area contributed by atoms with Gasteiger partial charge in [0, 0.05) is 33.0 Å². The highest BCUT2D eigenvalue weighted by Crippen LogP contribution is 2.42. The summed E-state index contributed by atoms with van der Waals surface area (Å²) in [5.74, 6) is 1.00. The van der Waals surface area contributed by atoms with Crippen LogP contribution >= 0.6 is 23.2 Å². The van der Waals surface area contributed by atoms with Gasteiger partial charge in [0.05, 0.1) is 9.95 Å². The van der Waals surface area contributed by atoms with Crippen LogP contribution in [0.15, 0.2) is 42.5 Å². The molecule has 0 heterocycles. The van der Waals surface area contributed by atoms with E-state index in [1.54, 1.807) is 26.0 Å². The lowest BCUT2D eigenvalue weighted by Gasteiger charge is -2.14. The van der Waals surface area contributed by atoms with Crippen molar-refractivity contribution in [1.82, 2.24) is 0 Å². The van der Waals surface area contributed by atoms with Gasteiger partial charge in [-0.1, -0.05) is 47.5 Å². The molecule has 0 saturated carbocycles. The molecule has 0 unspecified atom stereocenters. The van der Waals surface area contributed by atoms with E-state index in [1.807, 2.05) is 24.3 Å². The van der Waals surface area contributed by atoms with Crippen LogP contribution in [0.3, 0.4) is 0 Å². The predicted molar refractivity (Wildman–Crippen MR) is 96.6 cm³/mol. The van der Waals surface area contributed by atoms with Gasteiger partial charge in [0.1, 0.15) is 11.5 Å². The van der Waals surface area contributed by atoms with Gasteiger partial charge >= 0.3 is 0 Å². The van der Waals surface area contributed by atoms with Crippen molar-refractivity contribution < 1.29 is 9.66 Å².